The Morgan fingerprint density at radius 3 is 2.53 bits per heavy atom. The third-order valence-electron chi connectivity index (χ3n) is 3.63. The third-order valence-corrected chi connectivity index (χ3v) is 3.92. The number of halogens is 1. The summed E-state index contributed by atoms with van der Waals surface area (Å²) in [5.41, 5.74) is 8.32. The van der Waals surface area contributed by atoms with Crippen LogP contribution in [0.4, 0.5) is 0 Å². The largest absolute Gasteiger partial charge is 0.495 e. The van der Waals surface area contributed by atoms with E-state index in [0.717, 1.165) is 5.56 Å². The zero-order chi connectivity index (χ0) is 12.6. The summed E-state index contributed by atoms with van der Waals surface area (Å²) in [7, 11) is 1.62. The molecule has 0 amide bonds. The van der Waals surface area contributed by atoms with E-state index in [9.17, 15) is 0 Å². The molecule has 1 aromatic carbocycles. The molecule has 1 atom stereocenters. The van der Waals surface area contributed by atoms with Gasteiger partial charge in [-0.3, -0.25) is 0 Å². The first-order valence-electron chi connectivity index (χ1n) is 5.69. The smallest absolute Gasteiger partial charge is 0.137 e. The predicted molar refractivity (Wildman–Crippen MR) is 68.9 cm³/mol. The van der Waals surface area contributed by atoms with Crippen LogP contribution in [0.1, 0.15) is 18.1 Å². The Hall–Kier alpha value is -0.770. The van der Waals surface area contributed by atoms with Crippen molar-refractivity contribution in [2.75, 3.05) is 20.3 Å². The van der Waals surface area contributed by atoms with E-state index >= 15 is 0 Å². The van der Waals surface area contributed by atoms with E-state index in [2.05, 4.69) is 6.92 Å². The Morgan fingerprint density at radius 1 is 1.47 bits per heavy atom. The maximum absolute atomic E-state index is 6.19. The van der Waals surface area contributed by atoms with Gasteiger partial charge in [-0.1, -0.05) is 11.6 Å². The van der Waals surface area contributed by atoms with Gasteiger partial charge in [0.1, 0.15) is 5.75 Å². The second-order valence-corrected chi connectivity index (χ2v) is 5.15. The molecule has 2 rings (SSSR count). The molecule has 1 aromatic rings. The number of methoxy groups -OCH3 is 1. The molecule has 0 aromatic heterocycles. The SMILES string of the molecule is COc1cc(C)c(C2(C(C)N)COC2)cc1Cl. The standard InChI is InChI=1S/C13H18ClNO2/c1-8-4-12(16-3)11(14)5-10(8)13(9(2)15)6-17-7-13/h4-5,9H,6-7,15H2,1-3H3. The van der Waals surface area contributed by atoms with Crippen molar-refractivity contribution < 1.29 is 9.47 Å². The number of hydrogen-bond donors (Lipinski definition) is 1. The maximum Gasteiger partial charge on any atom is 0.137 e. The van der Waals surface area contributed by atoms with Gasteiger partial charge >= 0.3 is 0 Å². The molecule has 94 valence electrons. The number of benzene rings is 1. The van der Waals surface area contributed by atoms with Gasteiger partial charge in [0.2, 0.25) is 0 Å². The molecule has 0 bridgehead atoms. The molecule has 1 unspecified atom stereocenters. The molecular weight excluding hydrogens is 238 g/mol. The first-order chi connectivity index (χ1) is 8.01. The third kappa shape index (κ3) is 1.92. The molecular formula is C13H18ClNO2. The van der Waals surface area contributed by atoms with E-state index in [1.807, 2.05) is 19.1 Å². The van der Waals surface area contributed by atoms with Crippen molar-refractivity contribution in [3.05, 3.63) is 28.3 Å². The van der Waals surface area contributed by atoms with Crippen LogP contribution in [0, 0.1) is 6.92 Å². The van der Waals surface area contributed by atoms with E-state index in [0.29, 0.717) is 24.0 Å². The van der Waals surface area contributed by atoms with Gasteiger partial charge in [0.05, 0.1) is 30.8 Å². The lowest BCUT2D eigenvalue weighted by molar-refractivity contribution is -0.0704. The first-order valence-corrected chi connectivity index (χ1v) is 6.07. The van der Waals surface area contributed by atoms with Crippen LogP contribution in [-0.2, 0) is 10.2 Å². The fourth-order valence-electron chi connectivity index (χ4n) is 2.33. The molecule has 1 heterocycles. The Morgan fingerprint density at radius 2 is 2.12 bits per heavy atom. The summed E-state index contributed by atoms with van der Waals surface area (Å²) >= 11 is 6.19. The molecule has 0 radical (unpaired) electrons. The van der Waals surface area contributed by atoms with Crippen LogP contribution in [0.3, 0.4) is 0 Å². The molecule has 1 aliphatic heterocycles. The summed E-state index contributed by atoms with van der Waals surface area (Å²) in [4.78, 5) is 0. The molecule has 3 nitrogen and oxygen atoms in total. The van der Waals surface area contributed by atoms with Crippen LogP contribution in [0.5, 0.6) is 5.75 Å². The minimum Gasteiger partial charge on any atom is -0.495 e. The topological polar surface area (TPSA) is 44.5 Å². The number of hydrogen-bond acceptors (Lipinski definition) is 3. The van der Waals surface area contributed by atoms with Gasteiger partial charge in [0.15, 0.2) is 0 Å². The van der Waals surface area contributed by atoms with Crippen molar-refractivity contribution in [1.82, 2.24) is 0 Å². The van der Waals surface area contributed by atoms with Crippen LogP contribution in [0.25, 0.3) is 0 Å². The highest BCUT2D eigenvalue weighted by Crippen LogP contribution is 2.40. The predicted octanol–water partition coefficient (Wildman–Crippen LogP) is 2.27. The van der Waals surface area contributed by atoms with Crippen molar-refractivity contribution in [2.24, 2.45) is 5.73 Å². The average Bonchev–Trinajstić information content (AvgIpc) is 2.20. The highest BCUT2D eigenvalue weighted by molar-refractivity contribution is 6.32. The zero-order valence-corrected chi connectivity index (χ0v) is 11.2. The van der Waals surface area contributed by atoms with E-state index < -0.39 is 0 Å². The highest BCUT2D eigenvalue weighted by atomic mass is 35.5. The van der Waals surface area contributed by atoms with E-state index in [1.165, 1.54) is 5.56 Å². The molecule has 2 N–H and O–H groups in total. The Kier molecular flexibility index (Phi) is 3.34. The number of aryl methyl sites for hydroxylation is 1. The number of ether oxygens (including phenoxy) is 2. The van der Waals surface area contributed by atoms with Crippen molar-refractivity contribution >= 4 is 11.6 Å². The summed E-state index contributed by atoms with van der Waals surface area (Å²) in [5, 5.41) is 0.625. The molecule has 0 saturated carbocycles. The molecule has 1 fully saturated rings. The minimum atomic E-state index is -0.0972. The van der Waals surface area contributed by atoms with Crippen molar-refractivity contribution in [2.45, 2.75) is 25.3 Å². The van der Waals surface area contributed by atoms with Crippen molar-refractivity contribution in [3.63, 3.8) is 0 Å². The second kappa shape index (κ2) is 4.48. The van der Waals surface area contributed by atoms with Crippen molar-refractivity contribution in [1.29, 1.82) is 0 Å². The van der Waals surface area contributed by atoms with Gasteiger partial charge in [-0.05, 0) is 37.1 Å². The zero-order valence-electron chi connectivity index (χ0n) is 10.4. The van der Waals surface area contributed by atoms with Gasteiger partial charge < -0.3 is 15.2 Å². The van der Waals surface area contributed by atoms with Crippen LogP contribution in [-0.4, -0.2) is 26.4 Å². The lowest BCUT2D eigenvalue weighted by Crippen LogP contribution is -2.57. The van der Waals surface area contributed by atoms with Gasteiger partial charge in [-0.15, -0.1) is 0 Å². The maximum atomic E-state index is 6.19. The summed E-state index contributed by atoms with van der Waals surface area (Å²) in [5.74, 6) is 0.702. The highest BCUT2D eigenvalue weighted by Gasteiger charge is 2.44. The van der Waals surface area contributed by atoms with Gasteiger partial charge in [0.25, 0.3) is 0 Å². The fraction of sp³-hybridized carbons (Fsp3) is 0.538. The van der Waals surface area contributed by atoms with Gasteiger partial charge in [-0.25, -0.2) is 0 Å². The summed E-state index contributed by atoms with van der Waals surface area (Å²) < 4.78 is 10.6. The lowest BCUT2D eigenvalue weighted by atomic mass is 9.72. The molecule has 1 saturated heterocycles. The average molecular weight is 256 g/mol. The van der Waals surface area contributed by atoms with Gasteiger partial charge in [-0.2, -0.15) is 0 Å². The molecule has 0 spiro atoms. The Balaban J connectivity index is 2.48. The summed E-state index contributed by atoms with van der Waals surface area (Å²) in [6.07, 6.45) is 0. The first kappa shape index (κ1) is 12.7. The van der Waals surface area contributed by atoms with E-state index in [4.69, 9.17) is 26.8 Å². The molecule has 17 heavy (non-hydrogen) atoms. The monoisotopic (exact) mass is 255 g/mol. The lowest BCUT2D eigenvalue weighted by Gasteiger charge is -2.46. The van der Waals surface area contributed by atoms with Crippen molar-refractivity contribution in [3.8, 4) is 5.75 Å². The summed E-state index contributed by atoms with van der Waals surface area (Å²) in [6, 6.07) is 3.96. The van der Waals surface area contributed by atoms with Crippen LogP contribution in [0.15, 0.2) is 12.1 Å². The van der Waals surface area contributed by atoms with Crippen LogP contribution < -0.4 is 10.5 Å². The number of nitrogens with two attached hydrogens (primary N) is 1. The van der Waals surface area contributed by atoms with Crippen LogP contribution in [0.2, 0.25) is 5.02 Å². The van der Waals surface area contributed by atoms with Gasteiger partial charge in [0, 0.05) is 6.04 Å². The minimum absolute atomic E-state index is 0.0411. The Labute approximate surface area is 107 Å². The van der Waals surface area contributed by atoms with E-state index in [1.54, 1.807) is 7.11 Å². The van der Waals surface area contributed by atoms with Crippen LogP contribution >= 0.6 is 11.6 Å². The second-order valence-electron chi connectivity index (χ2n) is 4.74. The Bertz CT molecular complexity index is 428. The molecule has 4 heteroatoms. The quantitative estimate of drug-likeness (QED) is 0.901. The summed E-state index contributed by atoms with van der Waals surface area (Å²) in [6.45, 7) is 5.39. The van der Waals surface area contributed by atoms with E-state index in [-0.39, 0.29) is 11.5 Å². The fourth-order valence-corrected chi connectivity index (χ4v) is 2.57. The molecule has 1 aliphatic rings. The molecule has 0 aliphatic carbocycles. The number of rotatable bonds is 3. The normalized spacial score (nSPS) is 19.6.